The van der Waals surface area contributed by atoms with Crippen molar-refractivity contribution in [1.82, 2.24) is 14.5 Å². The number of thioether (sulfide) groups is 1. The zero-order chi connectivity index (χ0) is 30.1. The second-order valence-corrected chi connectivity index (χ2v) is 13.7. The number of nitrogens with zero attached hydrogens (tertiary/aromatic N) is 3. The van der Waals surface area contributed by atoms with Crippen LogP contribution in [0.4, 0.5) is 24.7 Å². The third-order valence-corrected chi connectivity index (χ3v) is 9.39. The van der Waals surface area contributed by atoms with Crippen LogP contribution in [0.1, 0.15) is 25.5 Å². The number of methoxy groups -OCH3 is 1. The first-order valence-corrected chi connectivity index (χ1v) is 16.0. The van der Waals surface area contributed by atoms with E-state index >= 15 is 0 Å². The Hall–Kier alpha value is -3.12. The van der Waals surface area contributed by atoms with Crippen molar-refractivity contribution >= 4 is 38.6 Å². The van der Waals surface area contributed by atoms with Crippen molar-refractivity contribution in [2.45, 2.75) is 46.6 Å². The van der Waals surface area contributed by atoms with Gasteiger partial charge in [0.05, 0.1) is 53.4 Å². The highest BCUT2D eigenvalue weighted by molar-refractivity contribution is 8.00. The smallest absolute Gasteiger partial charge is 0.446 e. The van der Waals surface area contributed by atoms with Crippen LogP contribution in [-0.2, 0) is 14.6 Å². The average molecular weight is 624 g/mol. The van der Waals surface area contributed by atoms with Crippen LogP contribution in [-0.4, -0.2) is 86.2 Å². The Labute approximate surface area is 247 Å². The van der Waals surface area contributed by atoms with Crippen molar-refractivity contribution < 1.29 is 31.1 Å². The molecule has 226 valence electrons. The maximum Gasteiger partial charge on any atom is 0.446 e. The molecule has 1 aromatic carbocycles. The SMILES string of the molecule is COc1cc(S(C)(=O)=O)ccc1NCC#Cc1nn2c(NC3CCN(C4(C)COC4)CC3)cccc2c1SC(F)(F)F. The van der Waals surface area contributed by atoms with Gasteiger partial charge < -0.3 is 20.1 Å². The van der Waals surface area contributed by atoms with Gasteiger partial charge in [0, 0.05) is 31.5 Å². The number of benzene rings is 1. The van der Waals surface area contributed by atoms with E-state index in [1.165, 1.54) is 23.8 Å². The molecular formula is C28H32F3N5O4S2. The minimum absolute atomic E-state index is 0.0143. The molecule has 3 aromatic rings. The van der Waals surface area contributed by atoms with E-state index in [4.69, 9.17) is 9.47 Å². The number of sulfone groups is 1. The standard InChI is InChI=1S/C28H32F3N5O4S2/c1-27(17-40-18-27)35-14-11-19(12-15-35)33-25-8-4-7-23-26(41-28(29,30)31)22(34-36(23)25)6-5-13-32-21-10-9-20(42(3,37)38)16-24(21)39-2/h4,7-10,16,19,32-33H,11-15,17-18H2,1-3H3. The summed E-state index contributed by atoms with van der Waals surface area (Å²) in [5.74, 6) is 6.53. The summed E-state index contributed by atoms with van der Waals surface area (Å²) < 4.78 is 76.5. The molecule has 0 unspecified atom stereocenters. The molecule has 0 radical (unpaired) electrons. The molecule has 0 atom stereocenters. The van der Waals surface area contributed by atoms with Crippen LogP contribution < -0.4 is 15.4 Å². The van der Waals surface area contributed by atoms with Crippen LogP contribution >= 0.6 is 11.8 Å². The van der Waals surface area contributed by atoms with Gasteiger partial charge in [-0.15, -0.1) is 0 Å². The van der Waals surface area contributed by atoms with Gasteiger partial charge >= 0.3 is 5.51 Å². The number of halogens is 3. The van der Waals surface area contributed by atoms with Gasteiger partial charge in [-0.3, -0.25) is 4.90 Å². The van der Waals surface area contributed by atoms with Crippen LogP contribution in [0.5, 0.6) is 5.75 Å². The third-order valence-electron chi connectivity index (χ3n) is 7.44. The Morgan fingerprint density at radius 1 is 1.21 bits per heavy atom. The second kappa shape index (κ2) is 11.9. The van der Waals surface area contributed by atoms with E-state index in [0.29, 0.717) is 22.8 Å². The molecule has 0 spiro atoms. The highest BCUT2D eigenvalue weighted by Crippen LogP contribution is 2.41. The molecule has 0 amide bonds. The molecule has 14 heteroatoms. The first kappa shape index (κ1) is 30.3. The molecule has 5 rings (SSSR count). The topological polar surface area (TPSA) is 97.2 Å². The number of anilines is 2. The molecule has 0 saturated carbocycles. The zero-order valence-corrected chi connectivity index (χ0v) is 25.0. The summed E-state index contributed by atoms with van der Waals surface area (Å²) in [5, 5.41) is 11.0. The van der Waals surface area contributed by atoms with E-state index in [9.17, 15) is 21.6 Å². The number of rotatable bonds is 8. The summed E-state index contributed by atoms with van der Waals surface area (Å²) in [6, 6.07) is 9.66. The average Bonchev–Trinajstić information content (AvgIpc) is 3.26. The Morgan fingerprint density at radius 2 is 1.95 bits per heavy atom. The first-order valence-electron chi connectivity index (χ1n) is 13.3. The third kappa shape index (κ3) is 6.75. The lowest BCUT2D eigenvalue weighted by atomic mass is 9.93. The molecule has 2 aliphatic rings. The number of nitrogens with one attached hydrogen (secondary N) is 2. The van der Waals surface area contributed by atoms with Crippen molar-refractivity contribution in [1.29, 1.82) is 0 Å². The van der Waals surface area contributed by atoms with Gasteiger partial charge in [0.1, 0.15) is 17.3 Å². The largest absolute Gasteiger partial charge is 0.495 e. The number of alkyl halides is 3. The number of hydrogen-bond acceptors (Lipinski definition) is 9. The maximum atomic E-state index is 13.6. The van der Waals surface area contributed by atoms with Crippen LogP contribution in [0.15, 0.2) is 46.2 Å². The van der Waals surface area contributed by atoms with E-state index in [1.807, 2.05) is 0 Å². The summed E-state index contributed by atoms with van der Waals surface area (Å²) in [6.07, 6.45) is 2.89. The van der Waals surface area contributed by atoms with Crippen molar-refractivity contribution in [3.05, 3.63) is 42.1 Å². The fraction of sp³-hybridized carbons (Fsp3) is 0.464. The minimum Gasteiger partial charge on any atom is -0.495 e. The fourth-order valence-electron chi connectivity index (χ4n) is 5.12. The molecule has 2 aromatic heterocycles. The molecular weight excluding hydrogens is 591 g/mol. The normalized spacial score (nSPS) is 17.8. The molecule has 2 N–H and O–H groups in total. The molecule has 2 saturated heterocycles. The molecule has 2 fully saturated rings. The summed E-state index contributed by atoms with van der Waals surface area (Å²) in [5.41, 5.74) is -3.61. The van der Waals surface area contributed by atoms with Crippen LogP contribution in [0, 0.1) is 11.8 Å². The zero-order valence-electron chi connectivity index (χ0n) is 23.4. The van der Waals surface area contributed by atoms with Crippen LogP contribution in [0.2, 0.25) is 0 Å². The monoisotopic (exact) mass is 623 g/mol. The van der Waals surface area contributed by atoms with Crippen molar-refractivity contribution in [3.63, 3.8) is 0 Å². The quantitative estimate of drug-likeness (QED) is 0.278. The van der Waals surface area contributed by atoms with Crippen LogP contribution in [0.3, 0.4) is 0 Å². The minimum atomic E-state index is -4.52. The number of likely N-dealkylation sites (tertiary alicyclic amines) is 1. The predicted octanol–water partition coefficient (Wildman–Crippen LogP) is 4.49. The Bertz CT molecular complexity index is 1620. The predicted molar refractivity (Wildman–Crippen MR) is 156 cm³/mol. The van der Waals surface area contributed by atoms with E-state index in [0.717, 1.165) is 45.4 Å². The molecule has 9 nitrogen and oxygen atoms in total. The number of piperidine rings is 1. The van der Waals surface area contributed by atoms with Gasteiger partial charge in [0.15, 0.2) is 9.84 Å². The summed E-state index contributed by atoms with van der Waals surface area (Å²) in [4.78, 5) is 2.48. The summed E-state index contributed by atoms with van der Waals surface area (Å²) >= 11 is -0.235. The van der Waals surface area contributed by atoms with Gasteiger partial charge in [-0.2, -0.15) is 18.3 Å². The highest BCUT2D eigenvalue weighted by atomic mass is 32.2. The Balaban J connectivity index is 1.34. The summed E-state index contributed by atoms with van der Waals surface area (Å²) in [6.45, 7) is 5.56. The van der Waals surface area contributed by atoms with E-state index in [2.05, 4.69) is 39.4 Å². The highest BCUT2D eigenvalue weighted by Gasteiger charge is 2.41. The first-order chi connectivity index (χ1) is 19.9. The van der Waals surface area contributed by atoms with Gasteiger partial charge in [-0.1, -0.05) is 12.0 Å². The lowest BCUT2D eigenvalue weighted by Gasteiger charge is -2.49. The van der Waals surface area contributed by atoms with E-state index in [-0.39, 0.29) is 45.4 Å². The van der Waals surface area contributed by atoms with E-state index in [1.54, 1.807) is 24.3 Å². The lowest BCUT2D eigenvalue weighted by molar-refractivity contribution is -0.135. The van der Waals surface area contributed by atoms with Crippen molar-refractivity contribution in [2.24, 2.45) is 0 Å². The maximum absolute atomic E-state index is 13.6. The van der Waals surface area contributed by atoms with Crippen LogP contribution in [0.25, 0.3) is 5.52 Å². The van der Waals surface area contributed by atoms with Gasteiger partial charge in [-0.25, -0.2) is 12.9 Å². The number of fused-ring (bicyclic) bond motifs is 1. The number of pyridine rings is 1. The van der Waals surface area contributed by atoms with Gasteiger partial charge in [-0.05, 0) is 61.7 Å². The van der Waals surface area contributed by atoms with Crippen molar-refractivity contribution in [2.75, 3.05) is 56.8 Å². The van der Waals surface area contributed by atoms with Crippen molar-refractivity contribution in [3.8, 4) is 17.6 Å². The van der Waals surface area contributed by atoms with E-state index < -0.39 is 15.3 Å². The lowest BCUT2D eigenvalue weighted by Crippen LogP contribution is -2.62. The number of aromatic nitrogens is 2. The number of hydrogen-bond donors (Lipinski definition) is 2. The fourth-order valence-corrected chi connectivity index (χ4v) is 6.44. The Kier molecular flexibility index (Phi) is 8.58. The van der Waals surface area contributed by atoms with Gasteiger partial charge in [0.25, 0.3) is 0 Å². The molecule has 4 heterocycles. The Morgan fingerprint density at radius 3 is 2.57 bits per heavy atom. The molecule has 0 aliphatic carbocycles. The molecule has 0 bridgehead atoms. The van der Waals surface area contributed by atoms with Gasteiger partial charge in [0.2, 0.25) is 0 Å². The summed E-state index contributed by atoms with van der Waals surface area (Å²) in [7, 11) is -2.01. The second-order valence-electron chi connectivity index (χ2n) is 10.6. The molecule has 42 heavy (non-hydrogen) atoms. The number of ether oxygens (including phenoxy) is 2. The molecule has 2 aliphatic heterocycles.